The van der Waals surface area contributed by atoms with E-state index in [1.807, 2.05) is 36.5 Å². The van der Waals surface area contributed by atoms with Crippen molar-refractivity contribution in [1.29, 1.82) is 0 Å². The van der Waals surface area contributed by atoms with Gasteiger partial charge in [0, 0.05) is 18.9 Å². The summed E-state index contributed by atoms with van der Waals surface area (Å²) in [4.78, 5) is 6.49. The maximum Gasteiger partial charge on any atom is 0.173 e. The summed E-state index contributed by atoms with van der Waals surface area (Å²) in [7, 11) is 0. The van der Waals surface area contributed by atoms with Crippen molar-refractivity contribution in [2.45, 2.75) is 25.3 Å². The zero-order chi connectivity index (χ0) is 15.4. The smallest absolute Gasteiger partial charge is 0.173 e. The van der Waals surface area contributed by atoms with Gasteiger partial charge in [-0.1, -0.05) is 29.8 Å². The lowest BCUT2D eigenvalue weighted by Crippen LogP contribution is -2.41. The fourth-order valence-electron chi connectivity index (χ4n) is 2.84. The highest BCUT2D eigenvalue weighted by Gasteiger charge is 2.26. The van der Waals surface area contributed by atoms with Crippen LogP contribution in [0.4, 0.5) is 5.69 Å². The summed E-state index contributed by atoms with van der Waals surface area (Å²) in [5, 5.41) is 4.69. The van der Waals surface area contributed by atoms with Gasteiger partial charge in [0.1, 0.15) is 0 Å². The van der Waals surface area contributed by atoms with Crippen LogP contribution in [0, 0.1) is 0 Å². The normalized spacial score (nSPS) is 18.0. The number of halogens is 1. The summed E-state index contributed by atoms with van der Waals surface area (Å²) in [6, 6.07) is 12.0. The minimum absolute atomic E-state index is 0.282. The van der Waals surface area contributed by atoms with Crippen LogP contribution < -0.4 is 5.32 Å². The molecule has 5 heteroatoms. The van der Waals surface area contributed by atoms with Crippen molar-refractivity contribution < 1.29 is 0 Å². The van der Waals surface area contributed by atoms with E-state index < -0.39 is 0 Å². The van der Waals surface area contributed by atoms with Crippen LogP contribution in [-0.2, 0) is 0 Å². The van der Waals surface area contributed by atoms with E-state index in [1.54, 1.807) is 6.20 Å². The highest BCUT2D eigenvalue weighted by molar-refractivity contribution is 7.80. The Labute approximate surface area is 141 Å². The average Bonchev–Trinajstić information content (AvgIpc) is 2.58. The Bertz CT molecular complexity index is 647. The Kier molecular flexibility index (Phi) is 4.90. The van der Waals surface area contributed by atoms with Gasteiger partial charge in [-0.05, 0) is 55.2 Å². The van der Waals surface area contributed by atoms with E-state index in [1.165, 1.54) is 12.0 Å². The maximum atomic E-state index is 6.21. The van der Waals surface area contributed by atoms with Crippen LogP contribution in [0.15, 0.2) is 48.8 Å². The number of anilines is 1. The summed E-state index contributed by atoms with van der Waals surface area (Å²) in [5.41, 5.74) is 2.06. The first-order valence-corrected chi connectivity index (χ1v) is 8.26. The molecular formula is C17H18ClN3S. The summed E-state index contributed by atoms with van der Waals surface area (Å²) in [6.45, 7) is 0.954. The number of pyridine rings is 1. The molecule has 1 aromatic carbocycles. The van der Waals surface area contributed by atoms with Crippen LogP contribution in [0.25, 0.3) is 0 Å². The SMILES string of the molecule is S=C(Nc1ccccc1Cl)N1CCCC[C@@H]1c1cccnc1. The van der Waals surface area contributed by atoms with E-state index >= 15 is 0 Å². The summed E-state index contributed by atoms with van der Waals surface area (Å²) < 4.78 is 0. The lowest BCUT2D eigenvalue weighted by Gasteiger charge is -2.37. The molecule has 3 rings (SSSR count). The van der Waals surface area contributed by atoms with Gasteiger partial charge in [-0.3, -0.25) is 4.98 Å². The topological polar surface area (TPSA) is 28.2 Å². The fraction of sp³-hybridized carbons (Fsp3) is 0.294. The molecule has 1 aliphatic heterocycles. The van der Waals surface area contributed by atoms with Gasteiger partial charge < -0.3 is 10.2 Å². The zero-order valence-electron chi connectivity index (χ0n) is 12.2. The van der Waals surface area contributed by atoms with E-state index in [0.29, 0.717) is 5.02 Å². The highest BCUT2D eigenvalue weighted by Crippen LogP contribution is 2.31. The average molecular weight is 332 g/mol. The van der Waals surface area contributed by atoms with Gasteiger partial charge in [-0.2, -0.15) is 0 Å². The molecule has 114 valence electrons. The second kappa shape index (κ2) is 7.07. The first-order chi connectivity index (χ1) is 10.8. The number of hydrogen-bond acceptors (Lipinski definition) is 2. The number of likely N-dealkylation sites (tertiary alicyclic amines) is 1. The molecule has 1 aromatic heterocycles. The fourth-order valence-corrected chi connectivity index (χ4v) is 3.36. The molecule has 1 N–H and O–H groups in total. The minimum atomic E-state index is 0.282. The quantitative estimate of drug-likeness (QED) is 0.810. The van der Waals surface area contributed by atoms with Crippen LogP contribution in [0.3, 0.4) is 0 Å². The number of nitrogens with one attached hydrogen (secondary N) is 1. The molecule has 22 heavy (non-hydrogen) atoms. The largest absolute Gasteiger partial charge is 0.342 e. The van der Waals surface area contributed by atoms with Crippen LogP contribution in [0.1, 0.15) is 30.9 Å². The molecular weight excluding hydrogens is 314 g/mol. The number of benzene rings is 1. The molecule has 0 saturated carbocycles. The van der Waals surface area contributed by atoms with E-state index in [0.717, 1.165) is 30.2 Å². The van der Waals surface area contributed by atoms with Crippen molar-refractivity contribution >= 4 is 34.6 Å². The van der Waals surface area contributed by atoms with E-state index in [9.17, 15) is 0 Å². The zero-order valence-corrected chi connectivity index (χ0v) is 13.8. The summed E-state index contributed by atoms with van der Waals surface area (Å²) in [5.74, 6) is 0. The Balaban J connectivity index is 1.79. The molecule has 2 aromatic rings. The van der Waals surface area contributed by atoms with E-state index in [2.05, 4.69) is 21.3 Å². The van der Waals surface area contributed by atoms with Crippen molar-refractivity contribution in [2.24, 2.45) is 0 Å². The van der Waals surface area contributed by atoms with E-state index in [-0.39, 0.29) is 6.04 Å². The second-order valence-electron chi connectivity index (χ2n) is 5.40. The molecule has 0 radical (unpaired) electrons. The molecule has 1 fully saturated rings. The summed E-state index contributed by atoms with van der Waals surface area (Å²) in [6.07, 6.45) is 7.19. The Morgan fingerprint density at radius 1 is 1.23 bits per heavy atom. The standard InChI is InChI=1S/C17H18ClN3S/c18-14-7-1-2-8-15(14)20-17(22)21-11-4-3-9-16(21)13-6-5-10-19-12-13/h1-2,5-8,10,12,16H,3-4,9,11H2,(H,20,22)/t16-/m1/s1. The number of piperidine rings is 1. The second-order valence-corrected chi connectivity index (χ2v) is 6.20. The van der Waals surface area contributed by atoms with Crippen LogP contribution in [-0.4, -0.2) is 21.5 Å². The van der Waals surface area contributed by atoms with Gasteiger partial charge in [0.25, 0.3) is 0 Å². The van der Waals surface area contributed by atoms with Gasteiger partial charge in [-0.25, -0.2) is 0 Å². The van der Waals surface area contributed by atoms with Gasteiger partial charge in [0.15, 0.2) is 5.11 Å². The molecule has 3 nitrogen and oxygen atoms in total. The maximum absolute atomic E-state index is 6.21. The molecule has 0 aliphatic carbocycles. The molecule has 0 amide bonds. The monoisotopic (exact) mass is 331 g/mol. The number of rotatable bonds is 2. The van der Waals surface area contributed by atoms with Crippen molar-refractivity contribution in [3.05, 3.63) is 59.4 Å². The number of para-hydroxylation sites is 1. The minimum Gasteiger partial charge on any atom is -0.342 e. The van der Waals surface area contributed by atoms with Crippen LogP contribution >= 0.6 is 23.8 Å². The van der Waals surface area contributed by atoms with Crippen LogP contribution in [0.2, 0.25) is 5.02 Å². The Hall–Kier alpha value is -1.65. The van der Waals surface area contributed by atoms with Gasteiger partial charge in [0.2, 0.25) is 0 Å². The molecule has 0 unspecified atom stereocenters. The highest BCUT2D eigenvalue weighted by atomic mass is 35.5. The predicted octanol–water partition coefficient (Wildman–Crippen LogP) is 4.66. The number of nitrogens with zero attached hydrogens (tertiary/aromatic N) is 2. The lowest BCUT2D eigenvalue weighted by molar-refractivity contribution is 0.248. The van der Waals surface area contributed by atoms with Crippen LogP contribution in [0.5, 0.6) is 0 Å². The molecule has 2 heterocycles. The molecule has 1 atom stereocenters. The molecule has 1 aliphatic rings. The predicted molar refractivity (Wildman–Crippen MR) is 95.2 cm³/mol. The van der Waals surface area contributed by atoms with Crippen molar-refractivity contribution in [2.75, 3.05) is 11.9 Å². The van der Waals surface area contributed by atoms with Crippen molar-refractivity contribution in [3.63, 3.8) is 0 Å². The Morgan fingerprint density at radius 2 is 2.09 bits per heavy atom. The number of thiocarbonyl (C=S) groups is 1. The first-order valence-electron chi connectivity index (χ1n) is 7.48. The van der Waals surface area contributed by atoms with Gasteiger partial charge >= 0.3 is 0 Å². The molecule has 0 bridgehead atoms. The molecule has 0 spiro atoms. The number of aromatic nitrogens is 1. The third-order valence-electron chi connectivity index (χ3n) is 3.95. The lowest BCUT2D eigenvalue weighted by atomic mass is 9.97. The van der Waals surface area contributed by atoms with Crippen molar-refractivity contribution in [1.82, 2.24) is 9.88 Å². The molecule has 1 saturated heterocycles. The van der Waals surface area contributed by atoms with Crippen molar-refractivity contribution in [3.8, 4) is 0 Å². The first kappa shape index (κ1) is 15.3. The van der Waals surface area contributed by atoms with Gasteiger partial charge in [0.05, 0.1) is 16.8 Å². The third-order valence-corrected chi connectivity index (χ3v) is 4.61. The third kappa shape index (κ3) is 3.39. The Morgan fingerprint density at radius 3 is 2.86 bits per heavy atom. The van der Waals surface area contributed by atoms with Gasteiger partial charge in [-0.15, -0.1) is 0 Å². The summed E-state index contributed by atoms with van der Waals surface area (Å²) >= 11 is 11.8. The number of hydrogen-bond donors (Lipinski definition) is 1. The van der Waals surface area contributed by atoms with E-state index in [4.69, 9.17) is 23.8 Å².